The number of rotatable bonds is 2. The number of aromatic nitrogens is 3. The number of hydrogen-bond acceptors (Lipinski definition) is 4. The summed E-state index contributed by atoms with van der Waals surface area (Å²) < 4.78 is 2.06. The molecule has 0 spiro atoms. The molecular formula is C19H27Cl2N5O. The van der Waals surface area contributed by atoms with Crippen molar-refractivity contribution in [2.45, 2.75) is 44.1 Å². The first-order chi connectivity index (χ1) is 12.2. The number of likely N-dealkylation sites (tertiary alicyclic amines) is 1. The van der Waals surface area contributed by atoms with Crippen LogP contribution in [0.1, 0.15) is 43.8 Å². The molecule has 2 aromatic heterocycles. The van der Waals surface area contributed by atoms with Crippen molar-refractivity contribution < 1.29 is 4.79 Å². The van der Waals surface area contributed by atoms with Crippen LogP contribution in [0.3, 0.4) is 0 Å². The molecule has 1 aliphatic heterocycles. The van der Waals surface area contributed by atoms with Crippen molar-refractivity contribution in [3.63, 3.8) is 0 Å². The number of carbonyl (C=O) groups excluding carboxylic acids is 1. The summed E-state index contributed by atoms with van der Waals surface area (Å²) in [6.45, 7) is 1.60. The van der Waals surface area contributed by atoms with Crippen LogP contribution in [-0.4, -0.2) is 44.5 Å². The standard InChI is InChI=1S/C19H25N5O.2ClH/c20-17-13-7-6-12(10-13)16(17)19(25)23-8-3-4-14(11-23)18-22-21-15-5-1-2-9-24(15)18;;/h1-2,5,9,12-14,16-17H,3-4,6-8,10-11,20H2;2*1H. The van der Waals surface area contributed by atoms with Crippen LogP contribution in [0.5, 0.6) is 0 Å². The third kappa shape index (κ3) is 3.32. The number of amides is 1. The first kappa shape index (κ1) is 20.4. The van der Waals surface area contributed by atoms with Crippen molar-refractivity contribution in [3.05, 3.63) is 30.2 Å². The van der Waals surface area contributed by atoms with Crippen LogP contribution in [0.15, 0.2) is 24.4 Å². The Bertz CT molecular complexity index is 810. The normalized spacial score (nSPS) is 32.2. The molecule has 5 rings (SSSR count). The molecule has 148 valence electrons. The van der Waals surface area contributed by atoms with Crippen molar-refractivity contribution in [1.29, 1.82) is 0 Å². The number of halogens is 2. The number of piperidine rings is 1. The van der Waals surface area contributed by atoms with E-state index in [0.29, 0.717) is 17.7 Å². The van der Waals surface area contributed by atoms with E-state index in [4.69, 9.17) is 5.73 Å². The smallest absolute Gasteiger partial charge is 0.227 e. The molecule has 6 nitrogen and oxygen atoms in total. The number of nitrogens with two attached hydrogens (primary N) is 1. The Morgan fingerprint density at radius 3 is 2.70 bits per heavy atom. The van der Waals surface area contributed by atoms with Gasteiger partial charge in [0.1, 0.15) is 5.82 Å². The van der Waals surface area contributed by atoms with Gasteiger partial charge in [0.25, 0.3) is 0 Å². The molecule has 0 radical (unpaired) electrons. The number of hydrogen-bond donors (Lipinski definition) is 1. The molecule has 3 heterocycles. The van der Waals surface area contributed by atoms with E-state index in [1.165, 1.54) is 12.8 Å². The minimum Gasteiger partial charge on any atom is -0.342 e. The van der Waals surface area contributed by atoms with Crippen molar-refractivity contribution in [3.8, 4) is 0 Å². The topological polar surface area (TPSA) is 76.5 Å². The van der Waals surface area contributed by atoms with Gasteiger partial charge in [-0.2, -0.15) is 0 Å². The summed E-state index contributed by atoms with van der Waals surface area (Å²) in [5.74, 6) is 2.66. The molecule has 2 aliphatic carbocycles. The van der Waals surface area contributed by atoms with E-state index in [1.807, 2.05) is 24.4 Å². The van der Waals surface area contributed by atoms with Crippen molar-refractivity contribution in [1.82, 2.24) is 19.5 Å². The maximum atomic E-state index is 13.2. The third-order valence-electron chi connectivity index (χ3n) is 6.70. The fraction of sp³-hybridized carbons (Fsp3) is 0.632. The van der Waals surface area contributed by atoms with Crippen LogP contribution in [0.25, 0.3) is 5.65 Å². The van der Waals surface area contributed by atoms with Gasteiger partial charge in [-0.1, -0.05) is 6.07 Å². The van der Waals surface area contributed by atoms with Gasteiger partial charge in [0.2, 0.25) is 5.91 Å². The minimum atomic E-state index is 0. The van der Waals surface area contributed by atoms with Gasteiger partial charge in [-0.25, -0.2) is 0 Å². The Kier molecular flexibility index (Phi) is 5.99. The van der Waals surface area contributed by atoms with E-state index in [-0.39, 0.29) is 42.7 Å². The van der Waals surface area contributed by atoms with Gasteiger partial charge in [-0.15, -0.1) is 35.0 Å². The summed E-state index contributed by atoms with van der Waals surface area (Å²) in [7, 11) is 0. The highest BCUT2D eigenvalue weighted by Gasteiger charge is 2.50. The molecule has 1 amide bonds. The van der Waals surface area contributed by atoms with Crippen molar-refractivity contribution >= 4 is 36.4 Å². The molecule has 2 bridgehead atoms. The van der Waals surface area contributed by atoms with Crippen LogP contribution in [0.4, 0.5) is 0 Å². The highest BCUT2D eigenvalue weighted by molar-refractivity contribution is 5.85. The molecule has 2 saturated carbocycles. The predicted molar refractivity (Wildman–Crippen MR) is 108 cm³/mol. The second-order valence-electron chi connectivity index (χ2n) is 8.05. The van der Waals surface area contributed by atoms with Gasteiger partial charge in [0.05, 0.1) is 5.92 Å². The zero-order valence-corrected chi connectivity index (χ0v) is 16.9. The minimum absolute atomic E-state index is 0. The van der Waals surface area contributed by atoms with E-state index in [2.05, 4.69) is 19.5 Å². The molecule has 2 N–H and O–H groups in total. The lowest BCUT2D eigenvalue weighted by Gasteiger charge is -2.37. The van der Waals surface area contributed by atoms with Crippen molar-refractivity contribution in [2.24, 2.45) is 23.5 Å². The molecule has 5 unspecified atom stereocenters. The van der Waals surface area contributed by atoms with E-state index < -0.39 is 0 Å². The lowest BCUT2D eigenvalue weighted by molar-refractivity contribution is -0.139. The molecular weight excluding hydrogens is 385 g/mol. The predicted octanol–water partition coefficient (Wildman–Crippen LogP) is 2.65. The van der Waals surface area contributed by atoms with Gasteiger partial charge in [-0.3, -0.25) is 9.20 Å². The van der Waals surface area contributed by atoms with Gasteiger partial charge >= 0.3 is 0 Å². The molecule has 1 saturated heterocycles. The molecule has 0 aromatic carbocycles. The quantitative estimate of drug-likeness (QED) is 0.823. The van der Waals surface area contributed by atoms with E-state index in [9.17, 15) is 4.79 Å². The Morgan fingerprint density at radius 1 is 1.11 bits per heavy atom. The SMILES string of the molecule is Cl.Cl.NC1C2CCC(C2)C1C(=O)N1CCCC(c2nnc3ccccn23)C1. The van der Waals surface area contributed by atoms with Gasteiger partial charge in [0, 0.05) is 31.2 Å². The fourth-order valence-corrected chi connectivity index (χ4v) is 5.44. The third-order valence-corrected chi connectivity index (χ3v) is 6.70. The number of carbonyl (C=O) groups is 1. The first-order valence-electron chi connectivity index (χ1n) is 9.56. The van der Waals surface area contributed by atoms with Gasteiger partial charge in [0.15, 0.2) is 5.65 Å². The Balaban J connectivity index is 0.00000105. The Morgan fingerprint density at radius 2 is 1.93 bits per heavy atom. The zero-order chi connectivity index (χ0) is 17.0. The average Bonchev–Trinajstić information content (AvgIpc) is 3.35. The van der Waals surface area contributed by atoms with Crippen LogP contribution >= 0.6 is 24.8 Å². The summed E-state index contributed by atoms with van der Waals surface area (Å²) in [5, 5.41) is 8.69. The summed E-state index contributed by atoms with van der Waals surface area (Å²) in [4.78, 5) is 15.2. The second kappa shape index (κ2) is 7.94. The maximum Gasteiger partial charge on any atom is 0.227 e. The Hall–Kier alpha value is -1.37. The largest absolute Gasteiger partial charge is 0.342 e. The summed E-state index contributed by atoms with van der Waals surface area (Å²) >= 11 is 0. The summed E-state index contributed by atoms with van der Waals surface area (Å²) in [6.07, 6.45) is 7.64. The molecule has 27 heavy (non-hydrogen) atoms. The average molecular weight is 412 g/mol. The van der Waals surface area contributed by atoms with E-state index in [1.54, 1.807) is 0 Å². The molecule has 8 heteroatoms. The van der Waals surface area contributed by atoms with Crippen molar-refractivity contribution in [2.75, 3.05) is 13.1 Å². The molecule has 3 fully saturated rings. The monoisotopic (exact) mass is 411 g/mol. The van der Waals surface area contributed by atoms with Gasteiger partial charge < -0.3 is 10.6 Å². The molecule has 3 aliphatic rings. The van der Waals surface area contributed by atoms with E-state index in [0.717, 1.165) is 43.8 Å². The highest BCUT2D eigenvalue weighted by Crippen LogP contribution is 2.48. The zero-order valence-electron chi connectivity index (χ0n) is 15.2. The van der Waals surface area contributed by atoms with Crippen LogP contribution in [0, 0.1) is 17.8 Å². The maximum absolute atomic E-state index is 13.2. The van der Waals surface area contributed by atoms with Crippen LogP contribution in [-0.2, 0) is 4.79 Å². The molecule has 2 aromatic rings. The first-order valence-corrected chi connectivity index (χ1v) is 9.56. The molecule has 5 atom stereocenters. The number of pyridine rings is 1. The lowest BCUT2D eigenvalue weighted by atomic mass is 9.83. The lowest BCUT2D eigenvalue weighted by Crippen LogP contribution is -2.49. The summed E-state index contributed by atoms with van der Waals surface area (Å²) in [6, 6.07) is 6.01. The van der Waals surface area contributed by atoms with E-state index >= 15 is 0 Å². The summed E-state index contributed by atoms with van der Waals surface area (Å²) in [5.41, 5.74) is 7.27. The van der Waals surface area contributed by atoms with Crippen LogP contribution < -0.4 is 5.73 Å². The highest BCUT2D eigenvalue weighted by atomic mass is 35.5. The van der Waals surface area contributed by atoms with Gasteiger partial charge in [-0.05, 0) is 56.1 Å². The Labute approximate surface area is 171 Å². The fourth-order valence-electron chi connectivity index (χ4n) is 5.44. The second-order valence-corrected chi connectivity index (χ2v) is 8.05. The van der Waals surface area contributed by atoms with Crippen LogP contribution in [0.2, 0.25) is 0 Å². The number of fused-ring (bicyclic) bond motifs is 3. The number of nitrogens with zero attached hydrogens (tertiary/aromatic N) is 4.